The third kappa shape index (κ3) is 1.65. The minimum absolute atomic E-state index is 0.630. The van der Waals surface area contributed by atoms with Crippen LogP contribution in [0.15, 0.2) is 24.0 Å². The van der Waals surface area contributed by atoms with Crippen molar-refractivity contribution in [2.24, 2.45) is 0 Å². The van der Waals surface area contributed by atoms with Gasteiger partial charge in [0, 0.05) is 19.4 Å². The number of rotatable bonds is 2. The molecule has 0 aliphatic carbocycles. The highest BCUT2D eigenvalue weighted by molar-refractivity contribution is 7.13. The van der Waals surface area contributed by atoms with Crippen LogP contribution >= 0.6 is 11.3 Å². The SMILES string of the molecule is CNc1nccc(-c2cncs2)n1. The van der Waals surface area contributed by atoms with Crippen LogP contribution < -0.4 is 5.32 Å². The minimum Gasteiger partial charge on any atom is -0.357 e. The first kappa shape index (κ1) is 8.12. The monoisotopic (exact) mass is 192 g/mol. The highest BCUT2D eigenvalue weighted by Gasteiger charge is 2.01. The van der Waals surface area contributed by atoms with Crippen molar-refractivity contribution in [3.8, 4) is 10.6 Å². The van der Waals surface area contributed by atoms with E-state index in [1.54, 1.807) is 36.3 Å². The number of aromatic nitrogens is 3. The fourth-order valence-corrected chi connectivity index (χ4v) is 1.55. The Balaban J connectivity index is 2.41. The first-order chi connectivity index (χ1) is 6.40. The summed E-state index contributed by atoms with van der Waals surface area (Å²) in [7, 11) is 1.80. The van der Waals surface area contributed by atoms with Gasteiger partial charge < -0.3 is 5.32 Å². The second-order valence-electron chi connectivity index (χ2n) is 2.38. The first-order valence-electron chi connectivity index (χ1n) is 3.80. The summed E-state index contributed by atoms with van der Waals surface area (Å²) < 4.78 is 0. The molecule has 0 atom stereocenters. The molecule has 0 amide bonds. The lowest BCUT2D eigenvalue weighted by Gasteiger charge is -1.99. The zero-order valence-corrected chi connectivity index (χ0v) is 7.88. The van der Waals surface area contributed by atoms with E-state index in [4.69, 9.17) is 0 Å². The number of nitrogens with one attached hydrogen (secondary N) is 1. The minimum atomic E-state index is 0.630. The number of nitrogens with zero attached hydrogens (tertiary/aromatic N) is 3. The molecule has 0 bridgehead atoms. The smallest absolute Gasteiger partial charge is 0.222 e. The van der Waals surface area contributed by atoms with Gasteiger partial charge >= 0.3 is 0 Å². The van der Waals surface area contributed by atoms with Gasteiger partial charge in [0.1, 0.15) is 0 Å². The molecule has 0 aromatic carbocycles. The lowest BCUT2D eigenvalue weighted by atomic mass is 10.4. The van der Waals surface area contributed by atoms with Crippen molar-refractivity contribution < 1.29 is 0 Å². The molecule has 13 heavy (non-hydrogen) atoms. The largest absolute Gasteiger partial charge is 0.357 e. The standard InChI is InChI=1S/C8H8N4S/c1-9-8-11-3-2-6(12-8)7-4-10-5-13-7/h2-5H,1H3,(H,9,11,12). The van der Waals surface area contributed by atoms with Gasteiger partial charge in [0.25, 0.3) is 0 Å². The maximum atomic E-state index is 4.28. The molecule has 66 valence electrons. The van der Waals surface area contributed by atoms with Gasteiger partial charge in [0.15, 0.2) is 0 Å². The Morgan fingerprint density at radius 1 is 1.46 bits per heavy atom. The van der Waals surface area contributed by atoms with E-state index in [0.29, 0.717) is 5.95 Å². The van der Waals surface area contributed by atoms with Crippen LogP contribution in [0.4, 0.5) is 5.95 Å². The van der Waals surface area contributed by atoms with Gasteiger partial charge in [-0.25, -0.2) is 9.97 Å². The summed E-state index contributed by atoms with van der Waals surface area (Å²) in [6.45, 7) is 0. The molecule has 0 fully saturated rings. The van der Waals surface area contributed by atoms with Crippen molar-refractivity contribution in [1.29, 1.82) is 0 Å². The molecule has 2 aromatic rings. The summed E-state index contributed by atoms with van der Waals surface area (Å²) in [4.78, 5) is 13.4. The van der Waals surface area contributed by atoms with E-state index in [9.17, 15) is 0 Å². The summed E-state index contributed by atoms with van der Waals surface area (Å²) in [5.74, 6) is 0.630. The molecule has 4 nitrogen and oxygen atoms in total. The molecule has 2 aromatic heterocycles. The zero-order valence-electron chi connectivity index (χ0n) is 7.06. The molecular formula is C8H8N4S. The first-order valence-corrected chi connectivity index (χ1v) is 4.68. The Morgan fingerprint density at radius 2 is 2.38 bits per heavy atom. The van der Waals surface area contributed by atoms with Crippen LogP contribution in [0.5, 0.6) is 0 Å². The molecule has 0 aliphatic heterocycles. The summed E-state index contributed by atoms with van der Waals surface area (Å²) in [6, 6.07) is 1.87. The predicted molar refractivity (Wildman–Crippen MR) is 52.7 cm³/mol. The lowest BCUT2D eigenvalue weighted by Crippen LogP contribution is -1.95. The summed E-state index contributed by atoms with van der Waals surface area (Å²) >= 11 is 1.57. The molecule has 0 spiro atoms. The molecule has 0 radical (unpaired) electrons. The van der Waals surface area contributed by atoms with Gasteiger partial charge in [0.05, 0.1) is 16.1 Å². The molecule has 2 heterocycles. The maximum absolute atomic E-state index is 4.28. The van der Waals surface area contributed by atoms with Crippen molar-refractivity contribution in [2.45, 2.75) is 0 Å². The van der Waals surface area contributed by atoms with Gasteiger partial charge in [-0.1, -0.05) is 0 Å². The van der Waals surface area contributed by atoms with Gasteiger partial charge in [-0.05, 0) is 6.07 Å². The highest BCUT2D eigenvalue weighted by Crippen LogP contribution is 2.20. The summed E-state index contributed by atoms with van der Waals surface area (Å²) in [6.07, 6.45) is 3.53. The summed E-state index contributed by atoms with van der Waals surface area (Å²) in [5, 5.41) is 2.89. The van der Waals surface area contributed by atoms with Crippen LogP contribution in [0.25, 0.3) is 10.6 Å². The fraction of sp³-hybridized carbons (Fsp3) is 0.125. The van der Waals surface area contributed by atoms with Crippen molar-refractivity contribution in [3.05, 3.63) is 24.0 Å². The normalized spacial score (nSPS) is 9.92. The summed E-state index contributed by atoms with van der Waals surface area (Å²) in [5.41, 5.74) is 2.69. The number of hydrogen-bond donors (Lipinski definition) is 1. The second kappa shape index (κ2) is 3.49. The Bertz CT molecular complexity index is 385. The lowest BCUT2D eigenvalue weighted by molar-refractivity contribution is 1.16. The number of hydrogen-bond acceptors (Lipinski definition) is 5. The van der Waals surface area contributed by atoms with Crippen molar-refractivity contribution in [2.75, 3.05) is 12.4 Å². The van der Waals surface area contributed by atoms with Crippen LogP contribution in [0, 0.1) is 0 Å². The number of thiazole rings is 1. The third-order valence-electron chi connectivity index (χ3n) is 1.56. The van der Waals surface area contributed by atoms with E-state index in [0.717, 1.165) is 10.6 Å². The van der Waals surface area contributed by atoms with Crippen molar-refractivity contribution in [3.63, 3.8) is 0 Å². The van der Waals surface area contributed by atoms with E-state index >= 15 is 0 Å². The quantitative estimate of drug-likeness (QED) is 0.786. The molecule has 0 aliphatic rings. The molecule has 1 N–H and O–H groups in total. The number of anilines is 1. The Hall–Kier alpha value is -1.49. The fourth-order valence-electron chi connectivity index (χ4n) is 0.959. The van der Waals surface area contributed by atoms with E-state index in [1.165, 1.54) is 0 Å². The van der Waals surface area contributed by atoms with Gasteiger partial charge in [-0.3, -0.25) is 4.98 Å². The van der Waals surface area contributed by atoms with Gasteiger partial charge in [-0.15, -0.1) is 11.3 Å². The van der Waals surface area contributed by atoms with E-state index in [2.05, 4.69) is 20.3 Å². The van der Waals surface area contributed by atoms with Crippen LogP contribution in [0.1, 0.15) is 0 Å². The molecule has 5 heteroatoms. The van der Waals surface area contributed by atoms with E-state index in [1.807, 2.05) is 6.07 Å². The average molecular weight is 192 g/mol. The Morgan fingerprint density at radius 3 is 3.08 bits per heavy atom. The average Bonchev–Trinajstić information content (AvgIpc) is 2.71. The second-order valence-corrected chi connectivity index (χ2v) is 3.27. The molecule has 0 saturated heterocycles. The molecule has 0 saturated carbocycles. The molecule has 0 unspecified atom stereocenters. The predicted octanol–water partition coefficient (Wildman–Crippen LogP) is 1.64. The van der Waals surface area contributed by atoms with Crippen LogP contribution in [-0.2, 0) is 0 Å². The topological polar surface area (TPSA) is 50.7 Å². The maximum Gasteiger partial charge on any atom is 0.222 e. The third-order valence-corrected chi connectivity index (χ3v) is 2.36. The van der Waals surface area contributed by atoms with Crippen molar-refractivity contribution in [1.82, 2.24) is 15.0 Å². The van der Waals surface area contributed by atoms with Crippen LogP contribution in [-0.4, -0.2) is 22.0 Å². The highest BCUT2D eigenvalue weighted by atomic mass is 32.1. The van der Waals surface area contributed by atoms with Crippen molar-refractivity contribution >= 4 is 17.3 Å². The molecule has 2 rings (SSSR count). The van der Waals surface area contributed by atoms with Gasteiger partial charge in [-0.2, -0.15) is 0 Å². The van der Waals surface area contributed by atoms with Crippen LogP contribution in [0.3, 0.4) is 0 Å². The van der Waals surface area contributed by atoms with Gasteiger partial charge in [0.2, 0.25) is 5.95 Å². The Labute approximate surface area is 79.7 Å². The van der Waals surface area contributed by atoms with Crippen LogP contribution in [0.2, 0.25) is 0 Å². The van der Waals surface area contributed by atoms with E-state index in [-0.39, 0.29) is 0 Å². The zero-order chi connectivity index (χ0) is 9.10. The Kier molecular flexibility index (Phi) is 2.18. The molecular weight excluding hydrogens is 184 g/mol. The van der Waals surface area contributed by atoms with E-state index < -0.39 is 0 Å².